The number of pyridine rings is 1. The van der Waals surface area contributed by atoms with Crippen LogP contribution >= 0.6 is 0 Å². The predicted octanol–water partition coefficient (Wildman–Crippen LogP) is 5.39. The van der Waals surface area contributed by atoms with E-state index in [1.165, 1.54) is 25.9 Å². The van der Waals surface area contributed by atoms with Gasteiger partial charge in [0, 0.05) is 35.6 Å². The number of hydrogen-bond donors (Lipinski definition) is 1. The lowest BCUT2D eigenvalue weighted by Crippen LogP contribution is -2.30. The number of carbonyl (C=O) groups excluding carboxylic acids is 1. The normalized spacial score (nSPS) is 15.0. The second-order valence-corrected chi connectivity index (χ2v) is 9.35. The molecule has 174 valence electrons. The average Bonchev–Trinajstić information content (AvgIpc) is 3.19. The molecule has 0 saturated carbocycles. The highest BCUT2D eigenvalue weighted by Crippen LogP contribution is 2.26. The quantitative estimate of drug-likeness (QED) is 0.425. The van der Waals surface area contributed by atoms with Crippen molar-refractivity contribution in [1.82, 2.24) is 19.7 Å². The molecule has 1 amide bonds. The van der Waals surface area contributed by atoms with Crippen LogP contribution in [0.4, 0.5) is 5.69 Å². The van der Waals surface area contributed by atoms with E-state index >= 15 is 0 Å². The van der Waals surface area contributed by atoms with Crippen LogP contribution in [0, 0.1) is 12.8 Å². The molecule has 1 saturated heterocycles. The van der Waals surface area contributed by atoms with E-state index in [-0.39, 0.29) is 5.91 Å². The zero-order chi connectivity index (χ0) is 23.5. The van der Waals surface area contributed by atoms with Gasteiger partial charge in [0.15, 0.2) is 0 Å². The first kappa shape index (κ1) is 22.3. The van der Waals surface area contributed by atoms with Crippen molar-refractivity contribution in [1.29, 1.82) is 0 Å². The van der Waals surface area contributed by atoms with Crippen molar-refractivity contribution in [3.63, 3.8) is 0 Å². The molecule has 34 heavy (non-hydrogen) atoms. The lowest BCUT2D eigenvalue weighted by molar-refractivity contribution is 0.102. The second kappa shape index (κ2) is 9.77. The monoisotopic (exact) mass is 453 g/mol. The maximum atomic E-state index is 12.9. The van der Waals surface area contributed by atoms with Crippen LogP contribution in [0.1, 0.15) is 35.3 Å². The molecular formula is C28H31N5O. The Hall–Kier alpha value is -3.51. The van der Waals surface area contributed by atoms with E-state index in [0.29, 0.717) is 5.56 Å². The van der Waals surface area contributed by atoms with Gasteiger partial charge in [0.2, 0.25) is 0 Å². The molecule has 2 aromatic carbocycles. The van der Waals surface area contributed by atoms with E-state index in [0.717, 1.165) is 52.3 Å². The van der Waals surface area contributed by atoms with Gasteiger partial charge in [0.05, 0.1) is 11.2 Å². The van der Waals surface area contributed by atoms with Gasteiger partial charge >= 0.3 is 0 Å². The molecule has 1 aliphatic heterocycles. The van der Waals surface area contributed by atoms with E-state index < -0.39 is 0 Å². The Morgan fingerprint density at radius 1 is 1.06 bits per heavy atom. The van der Waals surface area contributed by atoms with Gasteiger partial charge in [-0.3, -0.25) is 14.5 Å². The van der Waals surface area contributed by atoms with Crippen molar-refractivity contribution in [2.45, 2.75) is 32.7 Å². The Kier molecular flexibility index (Phi) is 6.41. The molecule has 1 N–H and O–H groups in total. The maximum Gasteiger partial charge on any atom is 0.255 e. The van der Waals surface area contributed by atoms with Gasteiger partial charge in [-0.15, -0.1) is 0 Å². The molecule has 0 unspecified atom stereocenters. The number of aryl methyl sites for hydroxylation is 2. The van der Waals surface area contributed by atoms with E-state index in [1.54, 1.807) is 6.20 Å². The van der Waals surface area contributed by atoms with Crippen LogP contribution < -0.4 is 5.32 Å². The molecule has 6 heteroatoms. The van der Waals surface area contributed by atoms with Gasteiger partial charge in [0.1, 0.15) is 0 Å². The van der Waals surface area contributed by atoms with Crippen molar-refractivity contribution in [3.05, 3.63) is 78.2 Å². The molecular weight excluding hydrogens is 422 g/mol. The number of nitrogens with zero attached hydrogens (tertiary/aromatic N) is 4. The fourth-order valence-corrected chi connectivity index (χ4v) is 4.79. The van der Waals surface area contributed by atoms with Crippen LogP contribution in [0.5, 0.6) is 0 Å². The van der Waals surface area contributed by atoms with Crippen molar-refractivity contribution in [3.8, 4) is 11.1 Å². The summed E-state index contributed by atoms with van der Waals surface area (Å²) in [5.74, 6) is 0.638. The van der Waals surface area contributed by atoms with Gasteiger partial charge in [-0.25, -0.2) is 0 Å². The summed E-state index contributed by atoms with van der Waals surface area (Å²) in [6.45, 7) is 5.33. The first-order chi connectivity index (χ1) is 16.6. The highest BCUT2D eigenvalue weighted by atomic mass is 16.1. The number of piperidine rings is 1. The Bertz CT molecular complexity index is 1270. The molecule has 1 aliphatic rings. The van der Waals surface area contributed by atoms with E-state index in [4.69, 9.17) is 5.10 Å². The number of likely N-dealkylation sites (tertiary alicyclic amines) is 1. The van der Waals surface area contributed by atoms with Crippen molar-refractivity contribution >= 4 is 22.5 Å². The Balaban J connectivity index is 1.29. The minimum absolute atomic E-state index is 0.119. The minimum atomic E-state index is -0.119. The van der Waals surface area contributed by atoms with E-state index in [2.05, 4.69) is 39.9 Å². The van der Waals surface area contributed by atoms with E-state index in [1.807, 2.05) is 54.7 Å². The summed E-state index contributed by atoms with van der Waals surface area (Å²) in [6, 6.07) is 17.6. The van der Waals surface area contributed by atoms with Crippen LogP contribution in [0.2, 0.25) is 0 Å². The van der Waals surface area contributed by atoms with Crippen LogP contribution in [-0.4, -0.2) is 45.7 Å². The molecule has 0 radical (unpaired) electrons. The minimum Gasteiger partial charge on any atom is -0.322 e. The highest BCUT2D eigenvalue weighted by molar-refractivity contribution is 6.05. The zero-order valence-electron chi connectivity index (χ0n) is 19.9. The number of anilines is 1. The number of hydrogen-bond acceptors (Lipinski definition) is 4. The van der Waals surface area contributed by atoms with Crippen molar-refractivity contribution < 1.29 is 4.79 Å². The summed E-state index contributed by atoms with van der Waals surface area (Å²) < 4.78 is 2.11. The predicted molar refractivity (Wildman–Crippen MR) is 137 cm³/mol. The maximum absolute atomic E-state index is 12.9. The fourth-order valence-electron chi connectivity index (χ4n) is 4.79. The summed E-state index contributed by atoms with van der Waals surface area (Å²) in [5, 5.41) is 8.99. The van der Waals surface area contributed by atoms with Crippen molar-refractivity contribution in [2.75, 3.05) is 25.5 Å². The third-order valence-electron chi connectivity index (χ3n) is 6.92. The number of amides is 1. The molecule has 0 atom stereocenters. The van der Waals surface area contributed by atoms with E-state index in [9.17, 15) is 4.79 Å². The first-order valence-corrected chi connectivity index (χ1v) is 12.0. The summed E-state index contributed by atoms with van der Waals surface area (Å²) in [5.41, 5.74) is 5.59. The Morgan fingerprint density at radius 2 is 1.85 bits per heavy atom. The van der Waals surface area contributed by atoms with Crippen LogP contribution in [0.25, 0.3) is 22.0 Å². The lowest BCUT2D eigenvalue weighted by Gasteiger charge is -2.28. The third-order valence-corrected chi connectivity index (χ3v) is 6.92. The van der Waals surface area contributed by atoms with Crippen LogP contribution in [0.15, 0.2) is 67.0 Å². The molecule has 1 fully saturated rings. The third kappa shape index (κ3) is 4.87. The zero-order valence-corrected chi connectivity index (χ0v) is 19.9. The first-order valence-electron chi connectivity index (χ1n) is 12.0. The molecule has 0 aliphatic carbocycles. The van der Waals surface area contributed by atoms with Crippen LogP contribution in [0.3, 0.4) is 0 Å². The van der Waals surface area contributed by atoms with Gasteiger partial charge in [-0.05, 0) is 99.8 Å². The van der Waals surface area contributed by atoms with Gasteiger partial charge in [-0.1, -0.05) is 18.2 Å². The Morgan fingerprint density at radius 3 is 2.59 bits per heavy atom. The SMILES string of the molecule is Cc1nn(CCC2CCN(C)CC2)c2cc(NC(=O)c3ccc(-c4cccnc4)cc3)ccc12. The average molecular weight is 454 g/mol. The molecule has 3 heterocycles. The number of aromatic nitrogens is 3. The molecule has 2 aromatic heterocycles. The molecule has 0 bridgehead atoms. The molecule has 0 spiro atoms. The smallest absolute Gasteiger partial charge is 0.255 e. The molecule has 6 nitrogen and oxygen atoms in total. The highest BCUT2D eigenvalue weighted by Gasteiger charge is 2.18. The number of fused-ring (bicyclic) bond motifs is 1. The summed E-state index contributed by atoms with van der Waals surface area (Å²) in [7, 11) is 2.20. The standard InChI is InChI=1S/C28H31N5O/c1-20-26-10-9-25(18-27(26)33(31-20)17-13-21-11-15-32(2)16-12-21)30-28(34)23-7-5-22(6-8-23)24-4-3-14-29-19-24/h3-10,14,18-19,21H,11-13,15-17H2,1-2H3,(H,30,34). The molecule has 5 rings (SSSR count). The summed E-state index contributed by atoms with van der Waals surface area (Å²) in [4.78, 5) is 19.5. The fraction of sp³-hybridized carbons (Fsp3) is 0.321. The van der Waals surface area contributed by atoms with Gasteiger partial charge in [0.25, 0.3) is 5.91 Å². The topological polar surface area (TPSA) is 63.1 Å². The number of nitrogens with one attached hydrogen (secondary N) is 1. The van der Waals surface area contributed by atoms with Gasteiger partial charge < -0.3 is 10.2 Å². The summed E-state index contributed by atoms with van der Waals surface area (Å²) in [6.07, 6.45) is 7.24. The largest absolute Gasteiger partial charge is 0.322 e. The second-order valence-electron chi connectivity index (χ2n) is 9.35. The lowest BCUT2D eigenvalue weighted by atomic mass is 9.94. The number of benzene rings is 2. The summed E-state index contributed by atoms with van der Waals surface area (Å²) >= 11 is 0. The number of carbonyl (C=O) groups is 1. The molecule has 4 aromatic rings. The number of rotatable bonds is 6. The van der Waals surface area contributed by atoms with Crippen molar-refractivity contribution in [2.24, 2.45) is 5.92 Å². The Labute approximate surface area is 200 Å². The van der Waals surface area contributed by atoms with Gasteiger partial charge in [-0.2, -0.15) is 5.10 Å². The van der Waals surface area contributed by atoms with Crippen LogP contribution in [-0.2, 0) is 6.54 Å².